The lowest BCUT2D eigenvalue weighted by Crippen LogP contribution is -2.44. The summed E-state index contributed by atoms with van der Waals surface area (Å²) < 4.78 is 1.03. The molecule has 2 rings (SSSR count). The maximum Gasteiger partial charge on any atom is 0.269 e. The molecular formula is C17H17BrN2O2S. The maximum absolute atomic E-state index is 12.0. The Bertz CT molecular complexity index is 662. The third-order valence-electron chi connectivity index (χ3n) is 3.12. The third kappa shape index (κ3) is 5.73. The first kappa shape index (κ1) is 17.6. The number of rotatable bonds is 5. The largest absolute Gasteiger partial charge is 0.272 e. The number of halogens is 1. The molecule has 0 aliphatic heterocycles. The van der Waals surface area contributed by atoms with Crippen molar-refractivity contribution in [3.8, 4) is 0 Å². The van der Waals surface area contributed by atoms with Gasteiger partial charge < -0.3 is 0 Å². The van der Waals surface area contributed by atoms with Gasteiger partial charge in [-0.05, 0) is 36.8 Å². The average molecular weight is 393 g/mol. The molecule has 1 atom stereocenters. The van der Waals surface area contributed by atoms with E-state index in [1.807, 2.05) is 37.3 Å². The molecule has 2 amide bonds. The van der Waals surface area contributed by atoms with Crippen molar-refractivity contribution in [2.45, 2.75) is 17.9 Å². The Morgan fingerprint density at radius 3 is 2.35 bits per heavy atom. The Balaban J connectivity index is 1.76. The Kier molecular flexibility index (Phi) is 6.67. The van der Waals surface area contributed by atoms with Crippen molar-refractivity contribution in [2.75, 3.05) is 0 Å². The highest BCUT2D eigenvalue weighted by atomic mass is 79.9. The fraction of sp³-hybridized carbons (Fsp3) is 0.176. The van der Waals surface area contributed by atoms with Gasteiger partial charge in [0.15, 0.2) is 0 Å². The molecule has 0 aliphatic rings. The molecule has 23 heavy (non-hydrogen) atoms. The van der Waals surface area contributed by atoms with Gasteiger partial charge in [-0.2, -0.15) is 0 Å². The zero-order valence-corrected chi connectivity index (χ0v) is 15.0. The lowest BCUT2D eigenvalue weighted by Gasteiger charge is -2.13. The Labute approximate surface area is 148 Å². The molecule has 2 aromatic rings. The van der Waals surface area contributed by atoms with Crippen molar-refractivity contribution in [1.29, 1.82) is 0 Å². The molecule has 0 unspecified atom stereocenters. The van der Waals surface area contributed by atoms with Gasteiger partial charge in [-0.15, -0.1) is 11.8 Å². The number of carbonyl (C=O) groups is 2. The molecule has 0 saturated carbocycles. The summed E-state index contributed by atoms with van der Waals surface area (Å²) in [6.45, 7) is 1.81. The highest BCUT2D eigenvalue weighted by Crippen LogP contribution is 2.19. The van der Waals surface area contributed by atoms with E-state index in [4.69, 9.17) is 0 Å². The Morgan fingerprint density at radius 2 is 1.70 bits per heavy atom. The van der Waals surface area contributed by atoms with Gasteiger partial charge in [-0.25, -0.2) is 0 Å². The predicted molar refractivity (Wildman–Crippen MR) is 96.9 cm³/mol. The Hall–Kier alpha value is -1.79. The zero-order chi connectivity index (χ0) is 16.7. The van der Waals surface area contributed by atoms with Crippen LogP contribution in [-0.2, 0) is 10.5 Å². The molecule has 0 aromatic heterocycles. The van der Waals surface area contributed by atoms with E-state index in [2.05, 4.69) is 26.8 Å². The van der Waals surface area contributed by atoms with E-state index in [9.17, 15) is 9.59 Å². The SMILES string of the molecule is C[C@@H](SCc1ccc(Br)cc1)C(=O)NNC(=O)c1ccccc1. The summed E-state index contributed by atoms with van der Waals surface area (Å²) in [5.41, 5.74) is 6.53. The van der Waals surface area contributed by atoms with Gasteiger partial charge in [0.05, 0.1) is 5.25 Å². The van der Waals surface area contributed by atoms with Crippen LogP contribution >= 0.6 is 27.7 Å². The molecule has 0 spiro atoms. The summed E-state index contributed by atoms with van der Waals surface area (Å²) in [6, 6.07) is 16.7. The first-order valence-corrected chi connectivity index (χ1v) is 8.91. The summed E-state index contributed by atoms with van der Waals surface area (Å²) >= 11 is 4.90. The van der Waals surface area contributed by atoms with Crippen molar-refractivity contribution in [3.63, 3.8) is 0 Å². The van der Waals surface area contributed by atoms with Crippen LogP contribution in [0.1, 0.15) is 22.8 Å². The van der Waals surface area contributed by atoms with Crippen LogP contribution in [0.5, 0.6) is 0 Å². The van der Waals surface area contributed by atoms with Crippen LogP contribution < -0.4 is 10.9 Å². The van der Waals surface area contributed by atoms with Crippen LogP contribution in [0.15, 0.2) is 59.1 Å². The quantitative estimate of drug-likeness (QED) is 0.765. The van der Waals surface area contributed by atoms with Gasteiger partial charge in [0, 0.05) is 15.8 Å². The van der Waals surface area contributed by atoms with Crippen molar-refractivity contribution < 1.29 is 9.59 Å². The summed E-state index contributed by atoms with van der Waals surface area (Å²) in [4.78, 5) is 23.8. The van der Waals surface area contributed by atoms with E-state index in [0.717, 1.165) is 15.8 Å². The topological polar surface area (TPSA) is 58.2 Å². The van der Waals surface area contributed by atoms with Gasteiger partial charge in [0.25, 0.3) is 11.8 Å². The van der Waals surface area contributed by atoms with Crippen LogP contribution in [0.4, 0.5) is 0 Å². The van der Waals surface area contributed by atoms with E-state index in [1.165, 1.54) is 11.8 Å². The van der Waals surface area contributed by atoms with E-state index in [1.54, 1.807) is 24.3 Å². The number of nitrogens with one attached hydrogen (secondary N) is 2. The fourth-order valence-electron chi connectivity index (χ4n) is 1.76. The number of carbonyl (C=O) groups excluding carboxylic acids is 2. The highest BCUT2D eigenvalue weighted by Gasteiger charge is 2.14. The second kappa shape index (κ2) is 8.74. The second-order valence-electron chi connectivity index (χ2n) is 4.89. The van der Waals surface area contributed by atoms with Crippen LogP contribution in [0, 0.1) is 0 Å². The summed E-state index contributed by atoms with van der Waals surface area (Å²) in [5.74, 6) is 0.176. The minimum atomic E-state index is -0.330. The zero-order valence-electron chi connectivity index (χ0n) is 12.6. The lowest BCUT2D eigenvalue weighted by atomic mass is 10.2. The number of hydrogen-bond donors (Lipinski definition) is 2. The summed E-state index contributed by atoms with van der Waals surface area (Å²) in [7, 11) is 0. The third-order valence-corrected chi connectivity index (χ3v) is 4.86. The lowest BCUT2D eigenvalue weighted by molar-refractivity contribution is -0.121. The van der Waals surface area contributed by atoms with E-state index >= 15 is 0 Å². The molecule has 0 saturated heterocycles. The molecule has 0 bridgehead atoms. The summed E-state index contributed by atoms with van der Waals surface area (Å²) in [5, 5.41) is -0.269. The van der Waals surface area contributed by atoms with Gasteiger partial charge in [-0.1, -0.05) is 46.3 Å². The van der Waals surface area contributed by atoms with Gasteiger partial charge in [-0.3, -0.25) is 20.4 Å². The van der Waals surface area contributed by atoms with E-state index < -0.39 is 0 Å². The van der Waals surface area contributed by atoms with Crippen LogP contribution in [0.25, 0.3) is 0 Å². The van der Waals surface area contributed by atoms with Crippen molar-refractivity contribution in [1.82, 2.24) is 10.9 Å². The smallest absolute Gasteiger partial charge is 0.269 e. The van der Waals surface area contributed by atoms with E-state index in [0.29, 0.717) is 5.56 Å². The molecule has 4 nitrogen and oxygen atoms in total. The summed E-state index contributed by atoms with van der Waals surface area (Å²) in [6.07, 6.45) is 0. The van der Waals surface area contributed by atoms with Crippen LogP contribution in [0.3, 0.4) is 0 Å². The van der Waals surface area contributed by atoms with Crippen molar-refractivity contribution in [3.05, 3.63) is 70.2 Å². The van der Waals surface area contributed by atoms with Crippen LogP contribution in [0.2, 0.25) is 0 Å². The maximum atomic E-state index is 12.0. The number of hydrazine groups is 1. The molecule has 0 radical (unpaired) electrons. The van der Waals surface area contributed by atoms with Gasteiger partial charge in [0.1, 0.15) is 0 Å². The molecule has 120 valence electrons. The molecular weight excluding hydrogens is 376 g/mol. The standard InChI is InChI=1S/C17H17BrN2O2S/c1-12(23-11-13-7-9-15(18)10-8-13)16(21)19-20-17(22)14-5-3-2-4-6-14/h2-10,12H,11H2,1H3,(H,19,21)(H,20,22)/t12-/m1/s1. The molecule has 0 heterocycles. The number of amides is 2. The first-order chi connectivity index (χ1) is 11.1. The van der Waals surface area contributed by atoms with Gasteiger partial charge >= 0.3 is 0 Å². The number of benzene rings is 2. The van der Waals surface area contributed by atoms with Gasteiger partial charge in [0.2, 0.25) is 0 Å². The fourth-order valence-corrected chi connectivity index (χ4v) is 2.87. The second-order valence-corrected chi connectivity index (χ2v) is 7.13. The minimum Gasteiger partial charge on any atom is -0.272 e. The monoisotopic (exact) mass is 392 g/mol. The molecule has 6 heteroatoms. The molecule has 2 N–H and O–H groups in total. The highest BCUT2D eigenvalue weighted by molar-refractivity contribution is 9.10. The predicted octanol–water partition coefficient (Wildman–Crippen LogP) is 3.53. The van der Waals surface area contributed by atoms with Crippen molar-refractivity contribution in [2.24, 2.45) is 0 Å². The van der Waals surface area contributed by atoms with E-state index in [-0.39, 0.29) is 17.1 Å². The molecule has 0 fully saturated rings. The number of thioether (sulfide) groups is 1. The molecule has 2 aromatic carbocycles. The first-order valence-electron chi connectivity index (χ1n) is 7.07. The average Bonchev–Trinajstić information content (AvgIpc) is 2.59. The van der Waals surface area contributed by atoms with Crippen LogP contribution in [-0.4, -0.2) is 17.1 Å². The molecule has 0 aliphatic carbocycles. The minimum absolute atomic E-state index is 0.226. The number of hydrogen-bond acceptors (Lipinski definition) is 3. The Morgan fingerprint density at radius 1 is 1.04 bits per heavy atom. The van der Waals surface area contributed by atoms with Crippen molar-refractivity contribution >= 4 is 39.5 Å². The normalized spacial score (nSPS) is 11.6.